The Morgan fingerprint density at radius 3 is 2.42 bits per heavy atom. The number of guanidine groups is 1. The van der Waals surface area contributed by atoms with Crippen LogP contribution in [0.25, 0.3) is 0 Å². The second-order valence-corrected chi connectivity index (χ2v) is 5.89. The average molecular weight is 497 g/mol. The van der Waals surface area contributed by atoms with Crippen LogP contribution < -0.4 is 16.0 Å². The van der Waals surface area contributed by atoms with E-state index in [0.717, 1.165) is 39.0 Å². The van der Waals surface area contributed by atoms with Crippen LogP contribution in [-0.4, -0.2) is 51.8 Å². The van der Waals surface area contributed by atoms with Crippen LogP contribution in [0.3, 0.4) is 0 Å². The summed E-state index contributed by atoms with van der Waals surface area (Å²) in [4.78, 5) is 16.2. The first-order valence-corrected chi connectivity index (χ1v) is 9.11. The van der Waals surface area contributed by atoms with Gasteiger partial charge in [0.15, 0.2) is 5.96 Å². The molecule has 0 fully saturated rings. The summed E-state index contributed by atoms with van der Waals surface area (Å²) in [6.07, 6.45) is 3.19. The summed E-state index contributed by atoms with van der Waals surface area (Å²) in [6, 6.07) is 6.99. The van der Waals surface area contributed by atoms with Gasteiger partial charge < -0.3 is 20.7 Å². The van der Waals surface area contributed by atoms with Gasteiger partial charge in [0.05, 0.1) is 10.6 Å². The van der Waals surface area contributed by atoms with Crippen LogP contribution >= 0.6 is 35.6 Å². The number of nitrogens with zero attached hydrogens (tertiary/aromatic N) is 1. The molecule has 0 saturated heterocycles. The predicted octanol–water partition coefficient (Wildman–Crippen LogP) is 3.06. The van der Waals surface area contributed by atoms with Gasteiger partial charge in [0.25, 0.3) is 5.91 Å². The normalized spacial score (nSPS) is 10.8. The summed E-state index contributed by atoms with van der Waals surface area (Å²) in [6.45, 7) is 5.56. The molecule has 0 aliphatic heterocycles. The van der Waals surface area contributed by atoms with Crippen molar-refractivity contribution < 1.29 is 9.53 Å². The molecular weight excluding hydrogens is 467 g/mol. The molecule has 0 atom stereocenters. The third kappa shape index (κ3) is 10.8. The quantitative estimate of drug-likeness (QED) is 0.191. The molecule has 0 saturated carbocycles. The number of hydrogen-bond donors (Lipinski definition) is 3. The zero-order valence-corrected chi connectivity index (χ0v) is 18.6. The first-order chi connectivity index (χ1) is 12.2. The minimum Gasteiger partial charge on any atom is -0.381 e. The van der Waals surface area contributed by atoms with Crippen molar-refractivity contribution in [2.45, 2.75) is 26.2 Å². The van der Waals surface area contributed by atoms with E-state index in [1.165, 1.54) is 0 Å². The number of nitrogens with one attached hydrogen (secondary N) is 3. The number of amides is 1. The number of ether oxygens (including phenoxy) is 1. The maximum atomic E-state index is 12.0. The first kappa shape index (κ1) is 24.9. The van der Waals surface area contributed by atoms with E-state index in [1.807, 2.05) is 0 Å². The van der Waals surface area contributed by atoms with Crippen LogP contribution in [0.15, 0.2) is 29.3 Å². The molecule has 1 rings (SSSR count). The second-order valence-electron chi connectivity index (χ2n) is 5.48. The zero-order valence-electron chi connectivity index (χ0n) is 15.5. The Morgan fingerprint density at radius 1 is 1.08 bits per heavy atom. The summed E-state index contributed by atoms with van der Waals surface area (Å²) < 4.78 is 5.51. The number of unbranched alkanes of at least 4 members (excludes halogenated alkanes) is 1. The molecule has 1 aromatic rings. The fourth-order valence-electron chi connectivity index (χ4n) is 2.05. The lowest BCUT2D eigenvalue weighted by molar-refractivity contribution is 0.0954. The van der Waals surface area contributed by atoms with Crippen molar-refractivity contribution in [2.24, 2.45) is 4.99 Å². The Balaban J connectivity index is 0.00000625. The monoisotopic (exact) mass is 496 g/mol. The number of rotatable bonds is 11. The molecule has 0 radical (unpaired) electrons. The van der Waals surface area contributed by atoms with Gasteiger partial charge >= 0.3 is 0 Å². The van der Waals surface area contributed by atoms with Gasteiger partial charge in [-0.3, -0.25) is 9.79 Å². The van der Waals surface area contributed by atoms with Crippen molar-refractivity contribution in [1.29, 1.82) is 0 Å². The number of carbonyl (C=O) groups excluding carboxylic acids is 1. The standard InChI is InChI=1S/C18H29ClN4O2.HI/c1-3-4-13-25-14-7-10-22-18(20-2)23-12-11-21-17(24)15-8-5-6-9-16(15)19;/h5-6,8-9H,3-4,7,10-14H2,1-2H3,(H,21,24)(H2,20,22,23);1H. The van der Waals surface area contributed by atoms with E-state index >= 15 is 0 Å². The van der Waals surface area contributed by atoms with Crippen molar-refractivity contribution in [3.63, 3.8) is 0 Å². The molecule has 0 heterocycles. The summed E-state index contributed by atoms with van der Waals surface area (Å²) in [5.74, 6) is 0.528. The summed E-state index contributed by atoms with van der Waals surface area (Å²) in [7, 11) is 1.72. The van der Waals surface area contributed by atoms with Crippen molar-refractivity contribution in [2.75, 3.05) is 39.9 Å². The van der Waals surface area contributed by atoms with Crippen molar-refractivity contribution in [1.82, 2.24) is 16.0 Å². The van der Waals surface area contributed by atoms with Gasteiger partial charge in [0.1, 0.15) is 0 Å². The zero-order chi connectivity index (χ0) is 18.3. The third-order valence-corrected chi connectivity index (χ3v) is 3.77. The summed E-state index contributed by atoms with van der Waals surface area (Å²) in [5.41, 5.74) is 0.481. The molecule has 0 aliphatic rings. The lowest BCUT2D eigenvalue weighted by Crippen LogP contribution is -2.42. The molecule has 26 heavy (non-hydrogen) atoms. The largest absolute Gasteiger partial charge is 0.381 e. The van der Waals surface area contributed by atoms with Crippen LogP contribution in [0.1, 0.15) is 36.5 Å². The summed E-state index contributed by atoms with van der Waals surface area (Å²) >= 11 is 6.00. The van der Waals surface area contributed by atoms with E-state index < -0.39 is 0 Å². The fourth-order valence-corrected chi connectivity index (χ4v) is 2.27. The van der Waals surface area contributed by atoms with Gasteiger partial charge in [-0.25, -0.2) is 0 Å². The Bertz CT molecular complexity index is 544. The molecule has 0 bridgehead atoms. The number of benzene rings is 1. The van der Waals surface area contributed by atoms with Gasteiger partial charge in [-0.1, -0.05) is 37.1 Å². The van der Waals surface area contributed by atoms with Crippen LogP contribution in [0, 0.1) is 0 Å². The maximum absolute atomic E-state index is 12.0. The molecule has 1 aromatic carbocycles. The van der Waals surface area contributed by atoms with E-state index in [0.29, 0.717) is 29.6 Å². The van der Waals surface area contributed by atoms with E-state index in [4.69, 9.17) is 16.3 Å². The van der Waals surface area contributed by atoms with Crippen molar-refractivity contribution in [3.8, 4) is 0 Å². The molecule has 6 nitrogen and oxygen atoms in total. The molecule has 3 N–H and O–H groups in total. The fraction of sp³-hybridized carbons (Fsp3) is 0.556. The smallest absolute Gasteiger partial charge is 0.252 e. The molecule has 0 unspecified atom stereocenters. The molecule has 0 spiro atoms. The SMILES string of the molecule is CCCCOCCCNC(=NC)NCCNC(=O)c1ccccc1Cl.I. The highest BCUT2D eigenvalue weighted by Gasteiger charge is 2.08. The first-order valence-electron chi connectivity index (χ1n) is 8.74. The van der Waals surface area contributed by atoms with E-state index in [9.17, 15) is 4.79 Å². The lowest BCUT2D eigenvalue weighted by atomic mass is 10.2. The second kappa shape index (κ2) is 16.1. The van der Waals surface area contributed by atoms with E-state index in [2.05, 4.69) is 27.9 Å². The number of carbonyl (C=O) groups is 1. The highest BCUT2D eigenvalue weighted by atomic mass is 127. The van der Waals surface area contributed by atoms with Crippen molar-refractivity contribution in [3.05, 3.63) is 34.9 Å². The minimum atomic E-state index is -0.181. The van der Waals surface area contributed by atoms with Gasteiger partial charge in [-0.05, 0) is 25.0 Å². The van der Waals surface area contributed by atoms with Crippen molar-refractivity contribution >= 4 is 47.4 Å². The number of aliphatic imine (C=N–C) groups is 1. The van der Waals surface area contributed by atoms with Crippen LogP contribution in [0.4, 0.5) is 0 Å². The molecule has 148 valence electrons. The van der Waals surface area contributed by atoms with E-state index in [1.54, 1.807) is 31.3 Å². The maximum Gasteiger partial charge on any atom is 0.252 e. The summed E-state index contributed by atoms with van der Waals surface area (Å²) in [5, 5.41) is 9.64. The van der Waals surface area contributed by atoms with Crippen LogP contribution in [0.2, 0.25) is 5.02 Å². The van der Waals surface area contributed by atoms with Gasteiger partial charge in [-0.2, -0.15) is 0 Å². The van der Waals surface area contributed by atoms with E-state index in [-0.39, 0.29) is 29.9 Å². The highest BCUT2D eigenvalue weighted by Crippen LogP contribution is 2.14. The topological polar surface area (TPSA) is 74.8 Å². The Labute approximate surface area is 178 Å². The number of halogens is 2. The van der Waals surface area contributed by atoms with Gasteiger partial charge in [0, 0.05) is 39.9 Å². The highest BCUT2D eigenvalue weighted by molar-refractivity contribution is 14.0. The Kier molecular flexibility index (Phi) is 15.5. The third-order valence-electron chi connectivity index (χ3n) is 3.45. The van der Waals surface area contributed by atoms with Crippen LogP contribution in [-0.2, 0) is 4.74 Å². The van der Waals surface area contributed by atoms with Gasteiger partial charge in [-0.15, -0.1) is 24.0 Å². The molecule has 1 amide bonds. The Morgan fingerprint density at radius 2 is 1.73 bits per heavy atom. The lowest BCUT2D eigenvalue weighted by Gasteiger charge is -2.12. The minimum absolute atomic E-state index is 0. The van der Waals surface area contributed by atoms with Gasteiger partial charge in [0.2, 0.25) is 0 Å². The molecular formula is C18H30ClIN4O2. The molecule has 0 aromatic heterocycles. The molecule has 8 heteroatoms. The average Bonchev–Trinajstić information content (AvgIpc) is 2.62. The van der Waals surface area contributed by atoms with Crippen LogP contribution in [0.5, 0.6) is 0 Å². The number of hydrogen-bond acceptors (Lipinski definition) is 3. The molecule has 0 aliphatic carbocycles. The Hall–Kier alpha value is -1.06. The predicted molar refractivity (Wildman–Crippen MR) is 119 cm³/mol.